The molecule has 134 valence electrons. The smallest absolute Gasteiger partial charge is 0.231 e. The van der Waals surface area contributed by atoms with E-state index >= 15 is 0 Å². The van der Waals surface area contributed by atoms with E-state index in [1.165, 1.54) is 6.92 Å². The molecule has 2 rings (SSSR count). The van der Waals surface area contributed by atoms with Crippen LogP contribution in [0.25, 0.3) is 0 Å². The number of Topliss-reactive ketones (excluding diaryl/α,β-unsaturated/α-hetero) is 1. The van der Waals surface area contributed by atoms with Crippen molar-refractivity contribution in [2.45, 2.75) is 13.3 Å². The van der Waals surface area contributed by atoms with Crippen molar-refractivity contribution < 1.29 is 14.4 Å². The molecule has 2 aromatic carbocycles. The fraction of sp³-hybridized carbons (Fsp3) is 0.167. The lowest BCUT2D eigenvalue weighted by molar-refractivity contribution is -0.124. The van der Waals surface area contributed by atoms with Gasteiger partial charge in [-0.15, -0.1) is 0 Å². The summed E-state index contributed by atoms with van der Waals surface area (Å²) in [5.41, 5.74) is 7.79. The number of hydrogen-bond donors (Lipinski definition) is 3. The molecule has 0 saturated carbocycles. The van der Waals surface area contributed by atoms with E-state index in [4.69, 9.17) is 5.73 Å². The number of rotatable bonds is 7. The highest BCUT2D eigenvalue weighted by atomic mass is 16.2. The maximum Gasteiger partial charge on any atom is 0.231 e. The topological polar surface area (TPSA) is 126 Å². The van der Waals surface area contributed by atoms with Crippen LogP contribution in [0.1, 0.15) is 13.3 Å². The van der Waals surface area contributed by atoms with E-state index in [2.05, 4.69) is 20.9 Å². The highest BCUT2D eigenvalue weighted by Crippen LogP contribution is 2.18. The third-order valence-corrected chi connectivity index (χ3v) is 3.15. The Morgan fingerprint density at radius 2 is 1.73 bits per heavy atom. The predicted octanol–water partition coefficient (Wildman–Crippen LogP) is 2.91. The van der Waals surface area contributed by atoms with Gasteiger partial charge in [-0.05, 0) is 42.5 Å². The Morgan fingerprint density at radius 3 is 2.42 bits per heavy atom. The monoisotopic (exact) mass is 353 g/mol. The fourth-order valence-electron chi connectivity index (χ4n) is 2.05. The minimum atomic E-state index is -0.428. The van der Waals surface area contributed by atoms with E-state index in [0.717, 1.165) is 0 Å². The Kier molecular flexibility index (Phi) is 6.55. The molecule has 0 bridgehead atoms. The highest BCUT2D eigenvalue weighted by Gasteiger charge is 2.09. The number of nitrogens with one attached hydrogen (secondary N) is 2. The fourth-order valence-corrected chi connectivity index (χ4v) is 2.05. The zero-order chi connectivity index (χ0) is 18.9. The lowest BCUT2D eigenvalue weighted by Crippen LogP contribution is -2.17. The van der Waals surface area contributed by atoms with Crippen LogP contribution in [0.5, 0.6) is 0 Å². The minimum absolute atomic E-state index is 0.193. The molecule has 8 heteroatoms. The Hall–Kier alpha value is -3.55. The minimum Gasteiger partial charge on any atom is -0.399 e. The van der Waals surface area contributed by atoms with Crippen LogP contribution in [0, 0.1) is 0 Å². The van der Waals surface area contributed by atoms with Gasteiger partial charge in [0.25, 0.3) is 0 Å². The predicted molar refractivity (Wildman–Crippen MR) is 99.2 cm³/mol. The summed E-state index contributed by atoms with van der Waals surface area (Å²) in [6, 6.07) is 13.4. The number of azo groups is 1. The SMILES string of the molecule is CC(=O)Nc1cccc(N=NCC(=O)CC(=O)Nc2ccc(N)cc2)c1. The van der Waals surface area contributed by atoms with Gasteiger partial charge in [0.1, 0.15) is 6.54 Å². The molecule has 0 fully saturated rings. The summed E-state index contributed by atoms with van der Waals surface area (Å²) < 4.78 is 0. The zero-order valence-electron chi connectivity index (χ0n) is 14.2. The summed E-state index contributed by atoms with van der Waals surface area (Å²) in [6.07, 6.45) is -0.296. The first-order valence-electron chi connectivity index (χ1n) is 7.84. The van der Waals surface area contributed by atoms with Crippen molar-refractivity contribution in [2.24, 2.45) is 10.2 Å². The van der Waals surface area contributed by atoms with Crippen molar-refractivity contribution in [2.75, 3.05) is 22.9 Å². The van der Waals surface area contributed by atoms with Crippen molar-refractivity contribution in [1.29, 1.82) is 0 Å². The molecule has 0 aliphatic rings. The van der Waals surface area contributed by atoms with E-state index in [1.54, 1.807) is 48.5 Å². The number of nitrogen functional groups attached to an aromatic ring is 1. The van der Waals surface area contributed by atoms with Crippen molar-refractivity contribution in [1.82, 2.24) is 0 Å². The second-order valence-electron chi connectivity index (χ2n) is 5.52. The van der Waals surface area contributed by atoms with Crippen LogP contribution in [-0.4, -0.2) is 24.1 Å². The number of anilines is 3. The Balaban J connectivity index is 1.82. The summed E-state index contributed by atoms with van der Waals surface area (Å²) in [4.78, 5) is 34.6. The molecule has 2 aromatic rings. The number of benzene rings is 2. The lowest BCUT2D eigenvalue weighted by Gasteiger charge is -2.04. The molecule has 0 aromatic heterocycles. The molecule has 26 heavy (non-hydrogen) atoms. The summed E-state index contributed by atoms with van der Waals surface area (Å²) in [6.45, 7) is 1.20. The molecule has 0 aliphatic heterocycles. The van der Waals surface area contributed by atoms with Crippen molar-refractivity contribution in [3.05, 3.63) is 48.5 Å². The van der Waals surface area contributed by atoms with Gasteiger partial charge >= 0.3 is 0 Å². The molecule has 0 atom stereocenters. The second-order valence-corrected chi connectivity index (χ2v) is 5.52. The maximum atomic E-state index is 11.8. The van der Waals surface area contributed by atoms with E-state index in [-0.39, 0.29) is 24.7 Å². The van der Waals surface area contributed by atoms with Crippen LogP contribution in [0.3, 0.4) is 0 Å². The van der Waals surface area contributed by atoms with Gasteiger partial charge in [0.05, 0.1) is 12.1 Å². The third kappa shape index (κ3) is 6.52. The number of hydrogen-bond acceptors (Lipinski definition) is 6. The Bertz CT molecular complexity index is 831. The lowest BCUT2D eigenvalue weighted by atomic mass is 10.2. The van der Waals surface area contributed by atoms with Gasteiger partial charge in [-0.1, -0.05) is 6.07 Å². The number of amides is 2. The first kappa shape index (κ1) is 18.8. The average Bonchev–Trinajstić information content (AvgIpc) is 2.56. The quantitative estimate of drug-likeness (QED) is 0.402. The summed E-state index contributed by atoms with van der Waals surface area (Å²) in [7, 11) is 0. The summed E-state index contributed by atoms with van der Waals surface area (Å²) in [5, 5.41) is 13.0. The molecule has 0 saturated heterocycles. The van der Waals surface area contributed by atoms with Gasteiger partial charge in [0.15, 0.2) is 5.78 Å². The van der Waals surface area contributed by atoms with E-state index in [0.29, 0.717) is 22.7 Å². The number of ketones is 1. The summed E-state index contributed by atoms with van der Waals surface area (Å²) >= 11 is 0. The molecule has 4 N–H and O–H groups in total. The molecular formula is C18H19N5O3. The Labute approximate surface area is 150 Å². The number of carbonyl (C=O) groups is 3. The second kappa shape index (κ2) is 9.07. The van der Waals surface area contributed by atoms with E-state index < -0.39 is 5.91 Å². The highest BCUT2D eigenvalue weighted by molar-refractivity contribution is 6.05. The average molecular weight is 353 g/mol. The van der Waals surface area contributed by atoms with Gasteiger partial charge in [-0.2, -0.15) is 10.2 Å². The van der Waals surface area contributed by atoms with E-state index in [1.807, 2.05) is 0 Å². The van der Waals surface area contributed by atoms with Crippen molar-refractivity contribution in [3.63, 3.8) is 0 Å². The number of nitrogens with two attached hydrogens (primary N) is 1. The van der Waals surface area contributed by atoms with Gasteiger partial charge in [0.2, 0.25) is 11.8 Å². The van der Waals surface area contributed by atoms with Gasteiger partial charge < -0.3 is 16.4 Å². The third-order valence-electron chi connectivity index (χ3n) is 3.15. The van der Waals surface area contributed by atoms with Crippen molar-refractivity contribution in [3.8, 4) is 0 Å². The van der Waals surface area contributed by atoms with Crippen LogP contribution in [0.2, 0.25) is 0 Å². The zero-order valence-corrected chi connectivity index (χ0v) is 14.2. The first-order valence-corrected chi connectivity index (χ1v) is 7.84. The molecule has 0 unspecified atom stereocenters. The van der Waals surface area contributed by atoms with E-state index in [9.17, 15) is 14.4 Å². The largest absolute Gasteiger partial charge is 0.399 e. The molecule has 0 radical (unpaired) electrons. The van der Waals surface area contributed by atoms with Gasteiger partial charge in [0, 0.05) is 24.0 Å². The van der Waals surface area contributed by atoms with Crippen LogP contribution in [-0.2, 0) is 14.4 Å². The van der Waals surface area contributed by atoms with Crippen LogP contribution >= 0.6 is 0 Å². The molecule has 0 aliphatic carbocycles. The maximum absolute atomic E-state index is 11.8. The van der Waals surface area contributed by atoms with Gasteiger partial charge in [-0.25, -0.2) is 0 Å². The molecular weight excluding hydrogens is 334 g/mol. The number of carbonyl (C=O) groups excluding carboxylic acids is 3. The molecule has 0 spiro atoms. The summed E-state index contributed by atoms with van der Waals surface area (Å²) in [5.74, 6) is -0.983. The van der Waals surface area contributed by atoms with Gasteiger partial charge in [-0.3, -0.25) is 14.4 Å². The van der Waals surface area contributed by atoms with Crippen LogP contribution < -0.4 is 16.4 Å². The van der Waals surface area contributed by atoms with Crippen LogP contribution in [0.15, 0.2) is 58.8 Å². The standard InChI is InChI=1S/C18H19N5O3/c1-12(24)21-15-3-2-4-16(9-15)23-20-11-17(25)10-18(26)22-14-7-5-13(19)6-8-14/h2-9H,10-11,19H2,1H3,(H,21,24)(H,22,26). The first-order chi connectivity index (χ1) is 12.4. The molecule has 0 heterocycles. The van der Waals surface area contributed by atoms with Crippen LogP contribution in [0.4, 0.5) is 22.7 Å². The normalized spacial score (nSPS) is 10.5. The molecule has 2 amide bonds. The molecule has 8 nitrogen and oxygen atoms in total. The Morgan fingerprint density at radius 1 is 1.00 bits per heavy atom. The number of nitrogens with zero attached hydrogens (tertiary/aromatic N) is 2. The van der Waals surface area contributed by atoms with Crippen molar-refractivity contribution >= 4 is 40.3 Å².